The van der Waals surface area contributed by atoms with Crippen LogP contribution in [0, 0.1) is 22.7 Å². The molecular formula is C34H54O6. The molecule has 226 valence electrons. The van der Waals surface area contributed by atoms with Crippen LogP contribution in [0.1, 0.15) is 79.4 Å². The molecule has 0 fully saturated rings. The Morgan fingerprint density at radius 3 is 1.62 bits per heavy atom. The summed E-state index contributed by atoms with van der Waals surface area (Å²) >= 11 is 0. The number of methoxy groups -OCH3 is 2. The minimum absolute atomic E-state index is 0.0726. The molecule has 0 aliphatic heterocycles. The van der Waals surface area contributed by atoms with E-state index >= 15 is 0 Å². The van der Waals surface area contributed by atoms with E-state index in [1.54, 1.807) is 14.2 Å². The van der Waals surface area contributed by atoms with Gasteiger partial charge in [0.05, 0.1) is 33.5 Å². The van der Waals surface area contributed by atoms with E-state index in [2.05, 4.69) is 13.8 Å². The number of Topliss-reactive ketones (excluding diaryl/α,β-unsaturated/α-hetero) is 1. The number of hydrogen-bond donors (Lipinski definition) is 1. The molecule has 0 radical (unpaired) electrons. The normalized spacial score (nSPS) is 12.6. The number of carbonyl (C=O) groups excluding carboxylic acids is 1. The van der Waals surface area contributed by atoms with Crippen LogP contribution in [0.15, 0.2) is 48.5 Å². The van der Waals surface area contributed by atoms with Gasteiger partial charge in [-0.25, -0.2) is 0 Å². The lowest BCUT2D eigenvalue weighted by atomic mass is 9.78. The molecule has 40 heavy (non-hydrogen) atoms. The smallest absolute Gasteiger partial charge is 0.141 e. The number of ketones is 1. The van der Waals surface area contributed by atoms with E-state index in [0.29, 0.717) is 32.2 Å². The van der Waals surface area contributed by atoms with E-state index in [1.165, 1.54) is 0 Å². The van der Waals surface area contributed by atoms with Crippen LogP contribution in [-0.4, -0.2) is 44.4 Å². The lowest BCUT2D eigenvalue weighted by Gasteiger charge is -2.33. The summed E-state index contributed by atoms with van der Waals surface area (Å²) < 4.78 is 21.8. The van der Waals surface area contributed by atoms with Gasteiger partial charge in [0.1, 0.15) is 17.3 Å². The average molecular weight is 559 g/mol. The summed E-state index contributed by atoms with van der Waals surface area (Å²) in [5, 5.41) is 10.2. The van der Waals surface area contributed by atoms with Gasteiger partial charge in [-0.15, -0.1) is 0 Å². The molecule has 0 saturated carbocycles. The number of aliphatic hydroxyl groups is 1. The number of rotatable bonds is 16. The first-order valence-corrected chi connectivity index (χ1v) is 14.4. The number of ether oxygens (including phenoxy) is 4. The summed E-state index contributed by atoms with van der Waals surface area (Å²) in [4.78, 5) is 12.0. The zero-order chi connectivity index (χ0) is 30.3. The number of benzene rings is 2. The maximum absolute atomic E-state index is 12.0. The summed E-state index contributed by atoms with van der Waals surface area (Å²) in [6.45, 7) is 18.5. The number of aliphatic hydroxyl groups excluding tert-OH is 1. The highest BCUT2D eigenvalue weighted by molar-refractivity contribution is 5.85. The van der Waals surface area contributed by atoms with Crippen molar-refractivity contribution in [1.29, 1.82) is 0 Å². The second-order valence-corrected chi connectivity index (χ2v) is 12.4. The van der Waals surface area contributed by atoms with Crippen molar-refractivity contribution in [3.05, 3.63) is 59.7 Å². The van der Waals surface area contributed by atoms with Crippen LogP contribution in [-0.2, 0) is 27.5 Å². The molecule has 1 N–H and O–H groups in total. The fourth-order valence-electron chi connectivity index (χ4n) is 4.52. The zero-order valence-corrected chi connectivity index (χ0v) is 26.6. The first kappa shape index (κ1) is 35.6. The summed E-state index contributed by atoms with van der Waals surface area (Å²) in [6.07, 6.45) is 1.28. The van der Waals surface area contributed by atoms with Crippen LogP contribution >= 0.6 is 0 Å². The van der Waals surface area contributed by atoms with Gasteiger partial charge in [0, 0.05) is 24.5 Å². The minimum Gasteiger partial charge on any atom is -0.497 e. The predicted octanol–water partition coefficient (Wildman–Crippen LogP) is 7.50. The van der Waals surface area contributed by atoms with E-state index in [9.17, 15) is 9.90 Å². The third-order valence-corrected chi connectivity index (χ3v) is 7.19. The lowest BCUT2D eigenvalue weighted by molar-refractivity contribution is -0.131. The van der Waals surface area contributed by atoms with Gasteiger partial charge < -0.3 is 24.1 Å². The quantitative estimate of drug-likeness (QED) is 0.215. The Morgan fingerprint density at radius 2 is 1.23 bits per heavy atom. The van der Waals surface area contributed by atoms with Crippen LogP contribution in [0.3, 0.4) is 0 Å². The predicted molar refractivity (Wildman–Crippen MR) is 163 cm³/mol. The Balaban J connectivity index is 0.000000400. The van der Waals surface area contributed by atoms with Gasteiger partial charge in [-0.2, -0.15) is 0 Å². The van der Waals surface area contributed by atoms with Gasteiger partial charge in [-0.05, 0) is 59.6 Å². The summed E-state index contributed by atoms with van der Waals surface area (Å²) in [5.41, 5.74) is 1.74. The highest BCUT2D eigenvalue weighted by Gasteiger charge is 2.30. The third-order valence-electron chi connectivity index (χ3n) is 7.19. The first-order chi connectivity index (χ1) is 18.7. The fraction of sp³-hybridized carbons (Fsp3) is 0.618. The second-order valence-electron chi connectivity index (χ2n) is 12.4. The van der Waals surface area contributed by atoms with Crippen molar-refractivity contribution < 1.29 is 28.8 Å². The van der Waals surface area contributed by atoms with Crippen molar-refractivity contribution in [3.8, 4) is 11.5 Å². The topological polar surface area (TPSA) is 74.2 Å². The molecule has 0 heterocycles. The summed E-state index contributed by atoms with van der Waals surface area (Å²) in [5.74, 6) is 2.32. The fourth-order valence-corrected chi connectivity index (χ4v) is 4.52. The second kappa shape index (κ2) is 17.4. The molecule has 0 bridgehead atoms. The van der Waals surface area contributed by atoms with Crippen LogP contribution in [0.2, 0.25) is 0 Å². The minimum atomic E-state index is -0.317. The van der Waals surface area contributed by atoms with Gasteiger partial charge in [-0.3, -0.25) is 4.79 Å². The highest BCUT2D eigenvalue weighted by Crippen LogP contribution is 2.30. The maximum atomic E-state index is 12.0. The van der Waals surface area contributed by atoms with Crippen molar-refractivity contribution in [3.63, 3.8) is 0 Å². The molecule has 0 aromatic heterocycles. The van der Waals surface area contributed by atoms with E-state index < -0.39 is 0 Å². The molecule has 6 heteroatoms. The van der Waals surface area contributed by atoms with E-state index in [1.807, 2.05) is 90.1 Å². The molecule has 2 aromatic carbocycles. The molecule has 6 nitrogen and oxygen atoms in total. The van der Waals surface area contributed by atoms with Crippen molar-refractivity contribution >= 4 is 5.78 Å². The molecule has 0 aliphatic rings. The van der Waals surface area contributed by atoms with Crippen molar-refractivity contribution in [2.75, 3.05) is 27.4 Å². The maximum Gasteiger partial charge on any atom is 0.141 e. The van der Waals surface area contributed by atoms with Crippen LogP contribution < -0.4 is 9.47 Å². The standard InChI is InChI=1S/C17H28O3.C17H26O3/c2*1-13(2)16(18)17(3,4)9-10-20-12-14-7-6-8-15(11-14)19-5/h6-8,11,13,16,18H,9-10,12H2,1-5H3;6-8,11,13H,9-10,12H2,1-5H3. The first-order valence-electron chi connectivity index (χ1n) is 14.4. The molecule has 1 atom stereocenters. The highest BCUT2D eigenvalue weighted by atomic mass is 16.5. The molecule has 2 rings (SSSR count). The Morgan fingerprint density at radius 1 is 0.775 bits per heavy atom. The molecule has 0 aliphatic carbocycles. The average Bonchev–Trinajstić information content (AvgIpc) is 2.93. The molecule has 0 saturated heterocycles. The summed E-state index contributed by atoms with van der Waals surface area (Å²) in [7, 11) is 3.32. The van der Waals surface area contributed by atoms with Gasteiger partial charge in [-0.1, -0.05) is 79.7 Å². The van der Waals surface area contributed by atoms with Gasteiger partial charge in [0.2, 0.25) is 0 Å². The monoisotopic (exact) mass is 558 g/mol. The van der Waals surface area contributed by atoms with Crippen molar-refractivity contribution in [2.45, 2.75) is 87.5 Å². The number of carbonyl (C=O) groups is 1. The molecular weight excluding hydrogens is 504 g/mol. The Kier molecular flexibility index (Phi) is 15.5. The van der Waals surface area contributed by atoms with E-state index in [0.717, 1.165) is 35.5 Å². The SMILES string of the molecule is COc1cccc(COCCC(C)(C)C(=O)C(C)C)c1.COc1cccc(COCCC(C)(C)C(O)C(C)C)c1. The Labute approximate surface area is 243 Å². The number of hydrogen-bond acceptors (Lipinski definition) is 6. The third kappa shape index (κ3) is 12.8. The molecule has 0 spiro atoms. The van der Waals surface area contributed by atoms with Crippen molar-refractivity contribution in [1.82, 2.24) is 0 Å². The molecule has 2 aromatic rings. The molecule has 0 amide bonds. The van der Waals surface area contributed by atoms with Gasteiger partial charge >= 0.3 is 0 Å². The molecule has 1 unspecified atom stereocenters. The lowest BCUT2D eigenvalue weighted by Crippen LogP contribution is -2.34. The van der Waals surface area contributed by atoms with Gasteiger partial charge in [0.15, 0.2) is 0 Å². The van der Waals surface area contributed by atoms with Crippen LogP contribution in [0.25, 0.3) is 0 Å². The van der Waals surface area contributed by atoms with Gasteiger partial charge in [0.25, 0.3) is 0 Å². The Hall–Kier alpha value is -2.41. The van der Waals surface area contributed by atoms with Crippen molar-refractivity contribution in [2.24, 2.45) is 22.7 Å². The van der Waals surface area contributed by atoms with E-state index in [4.69, 9.17) is 18.9 Å². The largest absolute Gasteiger partial charge is 0.497 e. The summed E-state index contributed by atoms with van der Waals surface area (Å²) in [6, 6.07) is 15.7. The Bertz CT molecular complexity index is 995. The van der Waals surface area contributed by atoms with E-state index in [-0.39, 0.29) is 28.8 Å². The van der Waals surface area contributed by atoms with Crippen LogP contribution in [0.4, 0.5) is 0 Å². The van der Waals surface area contributed by atoms with Crippen LogP contribution in [0.5, 0.6) is 11.5 Å². The zero-order valence-electron chi connectivity index (χ0n) is 26.6.